The molecule has 3 rings (SSSR count). The highest BCUT2D eigenvalue weighted by Gasteiger charge is 2.13. The number of benzene rings is 1. The number of carboxylic acid groups (broad SMARTS) is 1. The Hall–Kier alpha value is -2.63. The van der Waals surface area contributed by atoms with Gasteiger partial charge in [-0.15, -0.1) is 0 Å². The summed E-state index contributed by atoms with van der Waals surface area (Å²) < 4.78 is 3.88. The van der Waals surface area contributed by atoms with Gasteiger partial charge in [0.25, 0.3) is 0 Å². The number of aromatic carboxylic acids is 1. The first-order valence-corrected chi connectivity index (χ1v) is 6.78. The van der Waals surface area contributed by atoms with Gasteiger partial charge in [-0.3, -0.25) is 4.68 Å². The lowest BCUT2D eigenvalue weighted by atomic mass is 10.2. The standard InChI is InChI=1S/C15H16N4O2/c1-3-14-17-12-6-11(15(20)21)4-5-13(12)19(14)9-10-7-16-18(2)8-10/h4-8H,3,9H2,1-2H3,(H,20,21). The largest absolute Gasteiger partial charge is 0.478 e. The average Bonchev–Trinajstić information content (AvgIpc) is 3.02. The Balaban J connectivity index is 2.09. The zero-order chi connectivity index (χ0) is 15.0. The van der Waals surface area contributed by atoms with E-state index in [1.807, 2.05) is 32.4 Å². The smallest absolute Gasteiger partial charge is 0.335 e. The Bertz CT molecular complexity index is 816. The average molecular weight is 284 g/mol. The third-order valence-electron chi connectivity index (χ3n) is 3.49. The second kappa shape index (κ2) is 5.05. The summed E-state index contributed by atoms with van der Waals surface area (Å²) in [6.45, 7) is 2.72. The van der Waals surface area contributed by atoms with Crippen molar-refractivity contribution < 1.29 is 9.90 Å². The van der Waals surface area contributed by atoms with Gasteiger partial charge in [-0.2, -0.15) is 5.10 Å². The summed E-state index contributed by atoms with van der Waals surface area (Å²) in [5.74, 6) is 0.00755. The first-order valence-electron chi connectivity index (χ1n) is 6.78. The lowest BCUT2D eigenvalue weighted by Gasteiger charge is -2.06. The Labute approximate surface area is 121 Å². The highest BCUT2D eigenvalue weighted by molar-refractivity contribution is 5.92. The second-order valence-corrected chi connectivity index (χ2v) is 5.00. The van der Waals surface area contributed by atoms with E-state index < -0.39 is 5.97 Å². The van der Waals surface area contributed by atoms with E-state index >= 15 is 0 Å². The quantitative estimate of drug-likeness (QED) is 0.796. The lowest BCUT2D eigenvalue weighted by molar-refractivity contribution is 0.0697. The van der Waals surface area contributed by atoms with Crippen LogP contribution in [0.2, 0.25) is 0 Å². The normalized spacial score (nSPS) is 11.1. The molecular weight excluding hydrogens is 268 g/mol. The maximum absolute atomic E-state index is 11.1. The summed E-state index contributed by atoms with van der Waals surface area (Å²) in [6, 6.07) is 5.06. The predicted octanol–water partition coefficient (Wildman–Crippen LogP) is 2.08. The van der Waals surface area contributed by atoms with E-state index in [2.05, 4.69) is 14.6 Å². The Morgan fingerprint density at radius 1 is 1.38 bits per heavy atom. The third kappa shape index (κ3) is 2.40. The third-order valence-corrected chi connectivity index (χ3v) is 3.49. The molecule has 0 aliphatic rings. The van der Waals surface area contributed by atoms with Gasteiger partial charge >= 0.3 is 5.97 Å². The number of aryl methyl sites for hydroxylation is 2. The lowest BCUT2D eigenvalue weighted by Crippen LogP contribution is -2.04. The van der Waals surface area contributed by atoms with Gasteiger partial charge in [-0.05, 0) is 18.2 Å². The van der Waals surface area contributed by atoms with Crippen LogP contribution in [0.1, 0.15) is 28.7 Å². The van der Waals surface area contributed by atoms with Crippen molar-refractivity contribution in [2.45, 2.75) is 19.9 Å². The maximum atomic E-state index is 11.1. The van der Waals surface area contributed by atoms with Crippen molar-refractivity contribution in [3.8, 4) is 0 Å². The van der Waals surface area contributed by atoms with Gasteiger partial charge in [-0.1, -0.05) is 6.92 Å². The maximum Gasteiger partial charge on any atom is 0.335 e. The zero-order valence-electron chi connectivity index (χ0n) is 11.9. The molecular formula is C15H16N4O2. The highest BCUT2D eigenvalue weighted by Crippen LogP contribution is 2.20. The molecule has 6 nitrogen and oxygen atoms in total. The fourth-order valence-electron chi connectivity index (χ4n) is 2.50. The molecule has 0 atom stereocenters. The monoisotopic (exact) mass is 284 g/mol. The molecule has 2 heterocycles. The summed E-state index contributed by atoms with van der Waals surface area (Å²) in [6.07, 6.45) is 4.59. The molecule has 0 aliphatic heterocycles. The van der Waals surface area contributed by atoms with Gasteiger partial charge in [0, 0.05) is 25.2 Å². The molecule has 0 spiro atoms. The minimum Gasteiger partial charge on any atom is -0.478 e. The van der Waals surface area contributed by atoms with E-state index in [1.54, 1.807) is 16.8 Å². The van der Waals surface area contributed by atoms with Crippen LogP contribution in [0.25, 0.3) is 11.0 Å². The van der Waals surface area contributed by atoms with Crippen LogP contribution < -0.4 is 0 Å². The van der Waals surface area contributed by atoms with E-state index in [0.717, 1.165) is 28.8 Å². The summed E-state index contributed by atoms with van der Waals surface area (Å²) in [7, 11) is 1.88. The van der Waals surface area contributed by atoms with Crippen molar-refractivity contribution in [1.29, 1.82) is 0 Å². The Kier molecular flexibility index (Phi) is 3.21. The molecule has 1 N–H and O–H groups in total. The van der Waals surface area contributed by atoms with Gasteiger partial charge < -0.3 is 9.67 Å². The molecule has 108 valence electrons. The topological polar surface area (TPSA) is 72.9 Å². The van der Waals surface area contributed by atoms with Crippen LogP contribution in [0.15, 0.2) is 30.6 Å². The first-order chi connectivity index (χ1) is 10.1. The summed E-state index contributed by atoms with van der Waals surface area (Å²) in [5, 5.41) is 13.2. The van der Waals surface area contributed by atoms with Gasteiger partial charge in [0.1, 0.15) is 5.82 Å². The molecule has 0 saturated carbocycles. The van der Waals surface area contributed by atoms with Crippen molar-refractivity contribution in [3.63, 3.8) is 0 Å². The predicted molar refractivity (Wildman–Crippen MR) is 78.4 cm³/mol. The molecule has 6 heteroatoms. The number of aromatic nitrogens is 4. The van der Waals surface area contributed by atoms with Crippen molar-refractivity contribution in [3.05, 3.63) is 47.5 Å². The van der Waals surface area contributed by atoms with E-state index in [-0.39, 0.29) is 5.56 Å². The molecule has 1 aromatic carbocycles. The fraction of sp³-hybridized carbons (Fsp3) is 0.267. The number of carbonyl (C=O) groups is 1. The Morgan fingerprint density at radius 3 is 2.81 bits per heavy atom. The number of hydrogen-bond acceptors (Lipinski definition) is 3. The van der Waals surface area contributed by atoms with Crippen molar-refractivity contribution in [2.75, 3.05) is 0 Å². The van der Waals surface area contributed by atoms with E-state index in [4.69, 9.17) is 5.11 Å². The number of nitrogens with zero attached hydrogens (tertiary/aromatic N) is 4. The second-order valence-electron chi connectivity index (χ2n) is 5.00. The first kappa shape index (κ1) is 13.4. The number of carboxylic acids is 1. The van der Waals surface area contributed by atoms with Crippen LogP contribution >= 0.6 is 0 Å². The number of hydrogen-bond donors (Lipinski definition) is 1. The summed E-state index contributed by atoms with van der Waals surface area (Å²) in [5.41, 5.74) is 3.02. The van der Waals surface area contributed by atoms with E-state index in [0.29, 0.717) is 6.54 Å². The minimum absolute atomic E-state index is 0.260. The molecule has 0 fully saturated rings. The summed E-state index contributed by atoms with van der Waals surface area (Å²) in [4.78, 5) is 15.6. The van der Waals surface area contributed by atoms with Crippen molar-refractivity contribution >= 4 is 17.0 Å². The molecule has 0 aliphatic carbocycles. The molecule has 2 aromatic heterocycles. The molecule has 0 unspecified atom stereocenters. The van der Waals surface area contributed by atoms with Crippen LogP contribution in [0.5, 0.6) is 0 Å². The number of rotatable bonds is 4. The van der Waals surface area contributed by atoms with Crippen molar-refractivity contribution in [1.82, 2.24) is 19.3 Å². The van der Waals surface area contributed by atoms with Crippen LogP contribution in [-0.4, -0.2) is 30.4 Å². The Morgan fingerprint density at radius 2 is 2.19 bits per heavy atom. The van der Waals surface area contributed by atoms with Gasteiger partial charge in [0.2, 0.25) is 0 Å². The number of imidazole rings is 1. The van der Waals surface area contributed by atoms with E-state index in [1.165, 1.54) is 0 Å². The summed E-state index contributed by atoms with van der Waals surface area (Å²) >= 11 is 0. The molecule has 0 saturated heterocycles. The zero-order valence-corrected chi connectivity index (χ0v) is 11.9. The van der Waals surface area contributed by atoms with Crippen molar-refractivity contribution in [2.24, 2.45) is 7.05 Å². The highest BCUT2D eigenvalue weighted by atomic mass is 16.4. The van der Waals surface area contributed by atoms with Crippen LogP contribution in [-0.2, 0) is 20.0 Å². The molecule has 0 amide bonds. The molecule has 3 aromatic rings. The molecule has 0 bridgehead atoms. The molecule has 21 heavy (non-hydrogen) atoms. The van der Waals surface area contributed by atoms with Crippen LogP contribution in [0, 0.1) is 0 Å². The molecule has 0 radical (unpaired) electrons. The van der Waals surface area contributed by atoms with Crippen LogP contribution in [0.3, 0.4) is 0 Å². The number of fused-ring (bicyclic) bond motifs is 1. The SMILES string of the molecule is CCc1nc2cc(C(=O)O)ccc2n1Cc1cnn(C)c1. The van der Waals surface area contributed by atoms with Gasteiger partial charge in [0.05, 0.1) is 29.3 Å². The van der Waals surface area contributed by atoms with Gasteiger partial charge in [-0.25, -0.2) is 9.78 Å². The van der Waals surface area contributed by atoms with E-state index in [9.17, 15) is 4.79 Å². The fourth-order valence-corrected chi connectivity index (χ4v) is 2.50. The van der Waals surface area contributed by atoms with Crippen LogP contribution in [0.4, 0.5) is 0 Å². The van der Waals surface area contributed by atoms with Gasteiger partial charge in [0.15, 0.2) is 0 Å². The minimum atomic E-state index is -0.934.